The zero-order valence-corrected chi connectivity index (χ0v) is 14.9. The lowest BCUT2D eigenvalue weighted by Crippen LogP contribution is -2.18. The minimum absolute atomic E-state index is 0.0231. The van der Waals surface area contributed by atoms with Gasteiger partial charge in [-0.15, -0.1) is 13.2 Å². The van der Waals surface area contributed by atoms with Gasteiger partial charge in [-0.3, -0.25) is 4.79 Å². The van der Waals surface area contributed by atoms with E-state index in [4.69, 9.17) is 11.6 Å². The van der Waals surface area contributed by atoms with Crippen molar-refractivity contribution in [2.24, 2.45) is 5.92 Å². The van der Waals surface area contributed by atoms with Gasteiger partial charge < -0.3 is 5.11 Å². The highest BCUT2D eigenvalue weighted by Gasteiger charge is 2.48. The van der Waals surface area contributed by atoms with Crippen molar-refractivity contribution >= 4 is 28.5 Å². The van der Waals surface area contributed by atoms with E-state index in [9.17, 15) is 27.5 Å². The Balaban J connectivity index is 1.87. The highest BCUT2D eigenvalue weighted by atomic mass is 35.5. The van der Waals surface area contributed by atoms with Gasteiger partial charge in [0.2, 0.25) is 0 Å². The summed E-state index contributed by atoms with van der Waals surface area (Å²) in [5, 5.41) is 13.3. The molecule has 1 aliphatic rings. The van der Waals surface area contributed by atoms with Crippen LogP contribution in [0.2, 0.25) is 5.02 Å². The zero-order chi connectivity index (χ0) is 20.2. The van der Waals surface area contributed by atoms with Gasteiger partial charge in [-0.1, -0.05) is 29.8 Å². The smallest absolute Gasteiger partial charge is 0.481 e. The molecule has 1 saturated carbocycles. The van der Waals surface area contributed by atoms with E-state index < -0.39 is 29.9 Å². The topological polar surface area (TPSA) is 55.1 Å². The lowest BCUT2D eigenvalue weighted by Gasteiger charge is -2.09. The number of carboxylic acid groups (broad SMARTS) is 1. The van der Waals surface area contributed by atoms with Crippen molar-refractivity contribution < 1.29 is 27.5 Å². The van der Waals surface area contributed by atoms with Gasteiger partial charge in [-0.2, -0.15) is 9.78 Å². The number of aromatic nitrogens is 2. The van der Waals surface area contributed by atoms with Gasteiger partial charge in [0.1, 0.15) is 5.82 Å². The molecule has 3 aromatic rings. The third kappa shape index (κ3) is 3.22. The Morgan fingerprint density at radius 1 is 1.25 bits per heavy atom. The van der Waals surface area contributed by atoms with Gasteiger partial charge in [0.15, 0.2) is 0 Å². The summed E-state index contributed by atoms with van der Waals surface area (Å²) in [4.78, 5) is 11.2. The number of halogens is 5. The molecule has 2 aromatic carbocycles. The van der Waals surface area contributed by atoms with E-state index in [0.717, 1.165) is 6.07 Å². The van der Waals surface area contributed by atoms with Gasteiger partial charge >= 0.3 is 12.3 Å². The largest absolute Gasteiger partial charge is 0.505 e. The first-order chi connectivity index (χ1) is 13.2. The molecular formula is C19H13ClF4N2O2. The van der Waals surface area contributed by atoms with Crippen molar-refractivity contribution in [3.63, 3.8) is 0 Å². The summed E-state index contributed by atoms with van der Waals surface area (Å²) in [5.41, 5.74) is 1.04. The summed E-state index contributed by atoms with van der Waals surface area (Å²) in [7, 11) is 0. The van der Waals surface area contributed by atoms with Crippen LogP contribution in [0, 0.1) is 11.7 Å². The lowest BCUT2D eigenvalue weighted by atomic mass is 9.98. The normalized spacial score (nSPS) is 19.2. The Morgan fingerprint density at radius 3 is 2.61 bits per heavy atom. The number of hydrogen-bond acceptors (Lipinski definition) is 2. The molecule has 1 fully saturated rings. The van der Waals surface area contributed by atoms with Crippen molar-refractivity contribution in [1.29, 1.82) is 0 Å². The van der Waals surface area contributed by atoms with E-state index in [2.05, 4.69) is 5.10 Å². The average Bonchev–Trinajstić information content (AvgIpc) is 3.30. The van der Waals surface area contributed by atoms with Crippen LogP contribution in [0.4, 0.5) is 17.6 Å². The standard InChI is InChI=1S/C19H13ClF4N2O2/c20-14-7-11(21)5-4-9(14)6-10-2-1-3-15-16(10)17(12-8-13(12)18(27)28)25-26(15)19(22,23)24/h1-5,7,12-13H,6,8H2,(H,27,28). The number of benzene rings is 2. The second kappa shape index (κ2) is 6.48. The number of fused-ring (bicyclic) bond motifs is 1. The number of carbonyl (C=O) groups is 1. The predicted molar refractivity (Wildman–Crippen MR) is 93.7 cm³/mol. The lowest BCUT2D eigenvalue weighted by molar-refractivity contribution is -0.209. The molecule has 0 saturated heterocycles. The molecule has 9 heteroatoms. The molecule has 0 bridgehead atoms. The molecule has 1 aromatic heterocycles. The molecule has 2 atom stereocenters. The fourth-order valence-electron chi connectivity index (χ4n) is 3.51. The number of rotatable bonds is 4. The number of alkyl halides is 3. The Bertz CT molecular complexity index is 1090. The Kier molecular flexibility index (Phi) is 4.33. The van der Waals surface area contributed by atoms with Crippen molar-refractivity contribution in [2.45, 2.75) is 25.1 Å². The summed E-state index contributed by atoms with van der Waals surface area (Å²) in [6.07, 6.45) is -4.33. The summed E-state index contributed by atoms with van der Waals surface area (Å²) >= 11 is 6.07. The molecule has 146 valence electrons. The van der Waals surface area contributed by atoms with Crippen LogP contribution in [0.1, 0.15) is 29.2 Å². The maximum absolute atomic E-state index is 13.5. The van der Waals surface area contributed by atoms with Gasteiger partial charge in [0, 0.05) is 16.3 Å². The van der Waals surface area contributed by atoms with E-state index in [1.165, 1.54) is 24.3 Å². The molecule has 4 rings (SSSR count). The predicted octanol–water partition coefficient (Wildman–Crippen LogP) is 5.08. The average molecular weight is 413 g/mol. The number of carboxylic acids is 1. The molecular weight excluding hydrogens is 400 g/mol. The highest BCUT2D eigenvalue weighted by molar-refractivity contribution is 6.31. The minimum atomic E-state index is -4.74. The highest BCUT2D eigenvalue weighted by Crippen LogP contribution is 2.50. The van der Waals surface area contributed by atoms with Crippen LogP contribution in [-0.2, 0) is 17.5 Å². The molecule has 1 N–H and O–H groups in total. The minimum Gasteiger partial charge on any atom is -0.481 e. The van der Waals surface area contributed by atoms with Gasteiger partial charge in [0.25, 0.3) is 0 Å². The number of aliphatic carboxylic acids is 1. The Morgan fingerprint density at radius 2 is 2.00 bits per heavy atom. The fraction of sp³-hybridized carbons (Fsp3) is 0.263. The van der Waals surface area contributed by atoms with E-state index >= 15 is 0 Å². The molecule has 1 aliphatic carbocycles. The van der Waals surface area contributed by atoms with Crippen molar-refractivity contribution in [1.82, 2.24) is 9.78 Å². The summed E-state index contributed by atoms with van der Waals surface area (Å²) < 4.78 is 53.6. The third-order valence-corrected chi connectivity index (χ3v) is 5.27. The van der Waals surface area contributed by atoms with Gasteiger partial charge in [-0.25, -0.2) is 4.39 Å². The first-order valence-electron chi connectivity index (χ1n) is 8.41. The van der Waals surface area contributed by atoms with E-state index in [1.54, 1.807) is 6.07 Å². The Hall–Kier alpha value is -2.61. The summed E-state index contributed by atoms with van der Waals surface area (Å²) in [6.45, 7) is 0. The quantitative estimate of drug-likeness (QED) is 0.608. The van der Waals surface area contributed by atoms with Crippen molar-refractivity contribution in [2.75, 3.05) is 0 Å². The molecule has 0 aliphatic heterocycles. The monoisotopic (exact) mass is 412 g/mol. The molecule has 4 nitrogen and oxygen atoms in total. The van der Waals surface area contributed by atoms with E-state index in [1.807, 2.05) is 0 Å². The zero-order valence-electron chi connectivity index (χ0n) is 14.2. The van der Waals surface area contributed by atoms with Crippen LogP contribution in [0.3, 0.4) is 0 Å². The van der Waals surface area contributed by atoms with Crippen LogP contribution in [0.15, 0.2) is 36.4 Å². The first-order valence-corrected chi connectivity index (χ1v) is 8.79. The Labute approximate surface area is 161 Å². The number of nitrogens with zero attached hydrogens (tertiary/aromatic N) is 2. The second-order valence-electron chi connectivity index (χ2n) is 6.78. The fourth-order valence-corrected chi connectivity index (χ4v) is 3.74. The molecule has 0 radical (unpaired) electrons. The van der Waals surface area contributed by atoms with Crippen molar-refractivity contribution in [3.05, 3.63) is 64.1 Å². The molecule has 0 amide bonds. The second-order valence-corrected chi connectivity index (χ2v) is 7.18. The number of hydrogen-bond donors (Lipinski definition) is 1. The molecule has 1 heterocycles. The van der Waals surface area contributed by atoms with Gasteiger partial charge in [0.05, 0.1) is 17.1 Å². The third-order valence-electron chi connectivity index (χ3n) is 4.92. The van der Waals surface area contributed by atoms with Gasteiger partial charge in [-0.05, 0) is 42.2 Å². The molecule has 2 unspecified atom stereocenters. The van der Waals surface area contributed by atoms with Crippen molar-refractivity contribution in [3.8, 4) is 0 Å². The van der Waals surface area contributed by atoms with E-state index in [-0.39, 0.29) is 39.1 Å². The summed E-state index contributed by atoms with van der Waals surface area (Å²) in [6, 6.07) is 8.26. The SMILES string of the molecule is O=C(O)C1CC1c1nn(C(F)(F)F)c2cccc(Cc3ccc(F)cc3Cl)c12. The van der Waals surface area contributed by atoms with E-state index in [0.29, 0.717) is 11.1 Å². The summed E-state index contributed by atoms with van der Waals surface area (Å²) in [5.74, 6) is -2.89. The molecule has 28 heavy (non-hydrogen) atoms. The van der Waals surface area contributed by atoms with Crippen LogP contribution >= 0.6 is 11.6 Å². The maximum Gasteiger partial charge on any atom is 0.505 e. The maximum atomic E-state index is 13.5. The van der Waals surface area contributed by atoms with Crippen LogP contribution in [-0.4, -0.2) is 20.9 Å². The van der Waals surface area contributed by atoms with Crippen LogP contribution < -0.4 is 0 Å². The van der Waals surface area contributed by atoms with Crippen LogP contribution in [0.25, 0.3) is 10.9 Å². The first kappa shape index (κ1) is 18.7. The van der Waals surface area contributed by atoms with Crippen LogP contribution in [0.5, 0.6) is 0 Å². The molecule has 0 spiro atoms.